The maximum absolute atomic E-state index is 16.8. The second-order valence-electron chi connectivity index (χ2n) is 12.9. The highest BCUT2D eigenvalue weighted by Crippen LogP contribution is 2.54. The molecular formula is C34H35F2N7O2S. The topological polar surface area (TPSA) is 92.2 Å². The molecule has 3 aliphatic rings. The van der Waals surface area contributed by atoms with Gasteiger partial charge in [-0.2, -0.15) is 9.97 Å². The number of aromatic nitrogens is 2. The van der Waals surface area contributed by atoms with Crippen LogP contribution >= 0.6 is 11.3 Å². The molecule has 1 saturated carbocycles. The van der Waals surface area contributed by atoms with Crippen molar-refractivity contribution >= 4 is 54.7 Å². The number of carbonyl (C=O) groups is 1. The Bertz CT molecular complexity index is 1950. The van der Waals surface area contributed by atoms with Crippen molar-refractivity contribution in [1.82, 2.24) is 19.8 Å². The first-order chi connectivity index (χ1) is 22.1. The van der Waals surface area contributed by atoms with Gasteiger partial charge in [0.25, 0.3) is 0 Å². The minimum absolute atomic E-state index is 0.0532. The Morgan fingerprint density at radius 1 is 1.28 bits per heavy atom. The van der Waals surface area contributed by atoms with Crippen LogP contribution in [0.4, 0.5) is 25.3 Å². The lowest BCUT2D eigenvalue weighted by molar-refractivity contribution is -0.126. The number of nitrogens with zero attached hydrogens (tertiary/aromatic N) is 6. The summed E-state index contributed by atoms with van der Waals surface area (Å²) in [6.07, 6.45) is 5.52. The zero-order valence-corrected chi connectivity index (χ0v) is 26.8. The predicted molar refractivity (Wildman–Crippen MR) is 177 cm³/mol. The molecular weight excluding hydrogens is 608 g/mol. The number of nitrogens with two attached hydrogens (primary N) is 1. The summed E-state index contributed by atoms with van der Waals surface area (Å²) in [4.78, 5) is 31.5. The van der Waals surface area contributed by atoms with E-state index in [2.05, 4.69) is 28.4 Å². The molecule has 2 aliphatic heterocycles. The molecule has 238 valence electrons. The third-order valence-electron chi connectivity index (χ3n) is 10.2. The quantitative estimate of drug-likeness (QED) is 0.184. The van der Waals surface area contributed by atoms with Crippen LogP contribution in [0.3, 0.4) is 0 Å². The zero-order chi connectivity index (χ0) is 32.5. The van der Waals surface area contributed by atoms with Gasteiger partial charge in [-0.05, 0) is 68.8 Å². The van der Waals surface area contributed by atoms with Crippen LogP contribution in [0.1, 0.15) is 32.6 Å². The summed E-state index contributed by atoms with van der Waals surface area (Å²) in [5, 5.41) is 0.933. The van der Waals surface area contributed by atoms with E-state index in [9.17, 15) is 9.18 Å². The highest BCUT2D eigenvalue weighted by Gasteiger charge is 2.51. The number of halogens is 2. The smallest absolute Gasteiger partial charge is 0.319 e. The summed E-state index contributed by atoms with van der Waals surface area (Å²) in [7, 11) is 3.99. The van der Waals surface area contributed by atoms with Gasteiger partial charge in [0.2, 0.25) is 11.6 Å². The van der Waals surface area contributed by atoms with Crippen molar-refractivity contribution in [3.8, 4) is 17.1 Å². The number of ether oxygens (including phenoxy) is 1. The highest BCUT2D eigenvalue weighted by molar-refractivity contribution is 7.23. The number of benzene rings is 2. The molecule has 1 spiro atoms. The van der Waals surface area contributed by atoms with Gasteiger partial charge in [-0.3, -0.25) is 9.69 Å². The lowest BCUT2D eigenvalue weighted by Gasteiger charge is -2.32. The first kappa shape index (κ1) is 30.3. The molecule has 3 atom stereocenters. The Morgan fingerprint density at radius 2 is 2.04 bits per heavy atom. The van der Waals surface area contributed by atoms with Gasteiger partial charge < -0.3 is 20.3 Å². The van der Waals surface area contributed by atoms with Crippen LogP contribution in [0.2, 0.25) is 0 Å². The van der Waals surface area contributed by atoms with Crippen molar-refractivity contribution in [2.75, 3.05) is 44.4 Å². The van der Waals surface area contributed by atoms with Gasteiger partial charge in [0.05, 0.1) is 22.3 Å². The molecule has 4 aromatic rings. The first-order valence-electron chi connectivity index (χ1n) is 15.4. The van der Waals surface area contributed by atoms with Gasteiger partial charge in [-0.15, -0.1) is 11.3 Å². The molecule has 2 saturated heterocycles. The number of carbonyl (C=O) groups excluding carboxylic acids is 1. The normalized spacial score (nSPS) is 22.1. The molecule has 0 unspecified atom stereocenters. The molecule has 2 N–H and O–H groups in total. The predicted octanol–water partition coefficient (Wildman–Crippen LogP) is 6.40. The monoisotopic (exact) mass is 643 g/mol. The number of nitrogen functional groups attached to an aromatic ring is 1. The Labute approximate surface area is 270 Å². The molecule has 3 fully saturated rings. The standard InChI is InChI=1S/C34H35F2N7O2S/c1-6-25(44)43-14-11-24(18(43)2)42(5)32-22-8-7-21(20-9-10-23(35)30-26(20)29(38-3)31(37)46-30)27(36)28(22)39-33(40-32)45-16-19-15-34(12-13-34)17-41(19)4/h6-10,18-19,24H,1,11-17,37H2,2,4-5H3/t18-,19+,24-/m1/s1. The molecule has 46 heavy (non-hydrogen) atoms. The van der Waals surface area contributed by atoms with Crippen LogP contribution in [-0.2, 0) is 4.79 Å². The van der Waals surface area contributed by atoms with Crippen molar-refractivity contribution in [1.29, 1.82) is 0 Å². The van der Waals surface area contributed by atoms with Crippen LogP contribution in [0.25, 0.3) is 37.0 Å². The summed E-state index contributed by atoms with van der Waals surface area (Å²) >= 11 is 0.974. The minimum atomic E-state index is -0.633. The highest BCUT2D eigenvalue weighted by atomic mass is 32.1. The summed E-state index contributed by atoms with van der Waals surface area (Å²) in [5.74, 6) is -0.804. The van der Waals surface area contributed by atoms with Gasteiger partial charge in [-0.1, -0.05) is 18.7 Å². The second kappa shape index (κ2) is 11.2. The number of likely N-dealkylation sites (tertiary alicyclic amines) is 2. The number of hydrogen-bond acceptors (Lipinski definition) is 8. The molecule has 0 bridgehead atoms. The third-order valence-corrected chi connectivity index (χ3v) is 11.2. The number of hydrogen-bond donors (Lipinski definition) is 1. The number of likely N-dealkylation sites (N-methyl/N-ethyl adjacent to an activating group) is 2. The Kier molecular flexibility index (Phi) is 7.36. The van der Waals surface area contributed by atoms with E-state index in [0.717, 1.165) is 24.3 Å². The van der Waals surface area contributed by atoms with Crippen LogP contribution in [0.15, 0.2) is 36.9 Å². The molecule has 2 aromatic carbocycles. The average molecular weight is 644 g/mol. The van der Waals surface area contributed by atoms with Gasteiger partial charge in [-0.25, -0.2) is 13.6 Å². The van der Waals surface area contributed by atoms with E-state index in [1.54, 1.807) is 17.0 Å². The Hall–Kier alpha value is -4.34. The molecule has 9 nitrogen and oxygen atoms in total. The summed E-state index contributed by atoms with van der Waals surface area (Å²) in [6.45, 7) is 15.3. The maximum atomic E-state index is 16.8. The number of fused-ring (bicyclic) bond motifs is 2. The lowest BCUT2D eigenvalue weighted by Crippen LogP contribution is -2.43. The van der Waals surface area contributed by atoms with E-state index in [0.29, 0.717) is 41.8 Å². The summed E-state index contributed by atoms with van der Waals surface area (Å²) in [6, 6.07) is 6.13. The fourth-order valence-electron chi connectivity index (χ4n) is 7.48. The van der Waals surface area contributed by atoms with Crippen molar-refractivity contribution in [2.24, 2.45) is 5.41 Å². The number of rotatable bonds is 7. The van der Waals surface area contributed by atoms with E-state index < -0.39 is 11.6 Å². The lowest BCUT2D eigenvalue weighted by atomic mass is 9.98. The molecule has 12 heteroatoms. The number of thiophene rings is 1. The van der Waals surface area contributed by atoms with E-state index >= 15 is 4.39 Å². The van der Waals surface area contributed by atoms with Crippen LogP contribution in [-0.4, -0.2) is 77.6 Å². The molecule has 0 radical (unpaired) electrons. The second-order valence-corrected chi connectivity index (χ2v) is 14.0. The zero-order valence-electron chi connectivity index (χ0n) is 26.0. The SMILES string of the molecule is [C-]#[N+]c1c(N)sc2c(F)ccc(-c3ccc4c(N(C)[C@@H]5CCN(C(=O)C=C)[C@@H]5C)nc(OC[C@@H]5CC6(CC6)CN5C)nc4c3F)c12. The van der Waals surface area contributed by atoms with Gasteiger partial charge in [0, 0.05) is 48.6 Å². The fraction of sp³-hybridized carbons (Fsp3) is 0.412. The van der Waals surface area contributed by atoms with E-state index in [1.807, 2.05) is 18.9 Å². The van der Waals surface area contributed by atoms with Crippen molar-refractivity contribution < 1.29 is 18.3 Å². The Morgan fingerprint density at radius 3 is 2.74 bits per heavy atom. The van der Waals surface area contributed by atoms with E-state index in [1.165, 1.54) is 31.1 Å². The first-order valence-corrected chi connectivity index (χ1v) is 16.2. The third kappa shape index (κ3) is 4.84. The number of anilines is 2. The largest absolute Gasteiger partial charge is 0.462 e. The molecule has 4 heterocycles. The van der Waals surface area contributed by atoms with Crippen molar-refractivity contribution in [3.63, 3.8) is 0 Å². The Balaban J connectivity index is 1.33. The number of amides is 1. The van der Waals surface area contributed by atoms with E-state index in [4.69, 9.17) is 22.0 Å². The van der Waals surface area contributed by atoms with Gasteiger partial charge in [0.1, 0.15) is 23.8 Å². The maximum Gasteiger partial charge on any atom is 0.319 e. The van der Waals surface area contributed by atoms with Crippen LogP contribution in [0.5, 0.6) is 6.01 Å². The van der Waals surface area contributed by atoms with E-state index in [-0.39, 0.29) is 61.9 Å². The average Bonchev–Trinajstić information content (AvgIpc) is 3.37. The summed E-state index contributed by atoms with van der Waals surface area (Å²) in [5.41, 5.74) is 7.14. The fourth-order valence-corrected chi connectivity index (χ4v) is 8.42. The summed E-state index contributed by atoms with van der Waals surface area (Å²) < 4.78 is 38.0. The molecule has 1 aliphatic carbocycles. The van der Waals surface area contributed by atoms with Crippen LogP contribution < -0.4 is 15.4 Å². The molecule has 1 amide bonds. The minimum Gasteiger partial charge on any atom is -0.462 e. The molecule has 7 rings (SSSR count). The van der Waals surface area contributed by atoms with Crippen molar-refractivity contribution in [3.05, 3.63) is 60.0 Å². The van der Waals surface area contributed by atoms with Gasteiger partial charge in [0.15, 0.2) is 5.82 Å². The van der Waals surface area contributed by atoms with Gasteiger partial charge >= 0.3 is 6.01 Å². The van der Waals surface area contributed by atoms with Crippen LogP contribution in [0, 0.1) is 23.6 Å². The molecule has 2 aromatic heterocycles. The van der Waals surface area contributed by atoms with Crippen molar-refractivity contribution in [2.45, 2.75) is 50.7 Å².